The van der Waals surface area contributed by atoms with E-state index in [4.69, 9.17) is 4.74 Å². The van der Waals surface area contributed by atoms with Crippen LogP contribution in [-0.4, -0.2) is 28.8 Å². The van der Waals surface area contributed by atoms with Crippen LogP contribution in [0.15, 0.2) is 36.5 Å². The average molecular weight is 242 g/mol. The highest BCUT2D eigenvalue weighted by Gasteiger charge is 2.15. The van der Waals surface area contributed by atoms with Crippen LogP contribution >= 0.6 is 0 Å². The van der Waals surface area contributed by atoms with Gasteiger partial charge in [-0.05, 0) is 12.1 Å². The van der Waals surface area contributed by atoms with Crippen LogP contribution in [0.25, 0.3) is 21.8 Å². The van der Waals surface area contributed by atoms with Gasteiger partial charge in [0.1, 0.15) is 6.10 Å². The van der Waals surface area contributed by atoms with Gasteiger partial charge in [0.25, 0.3) is 0 Å². The SMILES string of the molecule is COCC(O)c1nccc2c1[nH]c1ccccc12. The lowest BCUT2D eigenvalue weighted by Gasteiger charge is -2.09. The molecule has 1 aromatic carbocycles. The summed E-state index contributed by atoms with van der Waals surface area (Å²) in [4.78, 5) is 7.57. The van der Waals surface area contributed by atoms with Gasteiger partial charge in [-0.1, -0.05) is 18.2 Å². The molecule has 4 heteroatoms. The van der Waals surface area contributed by atoms with Gasteiger partial charge >= 0.3 is 0 Å². The first-order valence-corrected chi connectivity index (χ1v) is 5.83. The molecule has 0 radical (unpaired) electrons. The maximum absolute atomic E-state index is 10.0. The van der Waals surface area contributed by atoms with E-state index in [1.807, 2.05) is 24.3 Å². The van der Waals surface area contributed by atoms with E-state index in [1.165, 1.54) is 0 Å². The van der Waals surface area contributed by atoms with Crippen molar-refractivity contribution in [1.82, 2.24) is 9.97 Å². The first-order chi connectivity index (χ1) is 8.81. The second kappa shape index (κ2) is 4.40. The Morgan fingerprint density at radius 3 is 2.94 bits per heavy atom. The molecule has 0 aliphatic heterocycles. The monoisotopic (exact) mass is 242 g/mol. The molecule has 3 rings (SSSR count). The fourth-order valence-corrected chi connectivity index (χ4v) is 2.28. The quantitative estimate of drug-likeness (QED) is 0.741. The minimum Gasteiger partial charge on any atom is -0.384 e. The smallest absolute Gasteiger partial charge is 0.121 e. The normalized spacial score (nSPS) is 13.2. The highest BCUT2D eigenvalue weighted by Crippen LogP contribution is 2.28. The largest absolute Gasteiger partial charge is 0.384 e. The fourth-order valence-electron chi connectivity index (χ4n) is 2.28. The van der Waals surface area contributed by atoms with E-state index in [2.05, 4.69) is 16.0 Å². The Labute approximate surface area is 104 Å². The zero-order valence-corrected chi connectivity index (χ0v) is 10.1. The van der Waals surface area contributed by atoms with Crippen molar-refractivity contribution < 1.29 is 9.84 Å². The summed E-state index contributed by atoms with van der Waals surface area (Å²) in [5.41, 5.74) is 2.56. The Hall–Kier alpha value is -1.91. The van der Waals surface area contributed by atoms with Gasteiger partial charge < -0.3 is 14.8 Å². The maximum atomic E-state index is 10.0. The molecule has 1 atom stereocenters. The van der Waals surface area contributed by atoms with Crippen LogP contribution in [0, 0.1) is 0 Å². The van der Waals surface area contributed by atoms with Gasteiger partial charge in [-0.15, -0.1) is 0 Å². The van der Waals surface area contributed by atoms with Crippen molar-refractivity contribution in [3.63, 3.8) is 0 Å². The highest BCUT2D eigenvalue weighted by molar-refractivity contribution is 6.07. The van der Waals surface area contributed by atoms with E-state index >= 15 is 0 Å². The molecule has 1 unspecified atom stereocenters. The van der Waals surface area contributed by atoms with Crippen LogP contribution in [0.5, 0.6) is 0 Å². The summed E-state index contributed by atoms with van der Waals surface area (Å²) in [6.45, 7) is 0.238. The summed E-state index contributed by atoms with van der Waals surface area (Å²) in [6, 6.07) is 10.0. The molecule has 0 saturated heterocycles. The maximum Gasteiger partial charge on any atom is 0.121 e. The molecular formula is C14H14N2O2. The van der Waals surface area contributed by atoms with Gasteiger partial charge in [0.15, 0.2) is 0 Å². The van der Waals surface area contributed by atoms with Crippen molar-refractivity contribution in [2.75, 3.05) is 13.7 Å². The number of hydrogen-bond donors (Lipinski definition) is 2. The van der Waals surface area contributed by atoms with Crippen LogP contribution in [0.4, 0.5) is 0 Å². The van der Waals surface area contributed by atoms with Crippen LogP contribution in [0.1, 0.15) is 11.8 Å². The molecule has 92 valence electrons. The molecule has 2 heterocycles. The molecule has 3 aromatic rings. The van der Waals surface area contributed by atoms with Gasteiger partial charge in [0.05, 0.1) is 17.8 Å². The van der Waals surface area contributed by atoms with E-state index in [0.717, 1.165) is 21.8 Å². The number of pyridine rings is 1. The first kappa shape index (κ1) is 11.2. The number of fused-ring (bicyclic) bond motifs is 3. The molecule has 0 bridgehead atoms. The third-order valence-corrected chi connectivity index (χ3v) is 3.10. The Morgan fingerprint density at radius 2 is 2.11 bits per heavy atom. The zero-order chi connectivity index (χ0) is 12.5. The number of para-hydroxylation sites is 1. The number of aromatic amines is 1. The fraction of sp³-hybridized carbons (Fsp3) is 0.214. The number of aliphatic hydroxyl groups excluding tert-OH is 1. The molecule has 2 N–H and O–H groups in total. The van der Waals surface area contributed by atoms with Gasteiger partial charge in [0, 0.05) is 29.6 Å². The molecule has 4 nitrogen and oxygen atoms in total. The van der Waals surface area contributed by atoms with E-state index < -0.39 is 6.10 Å². The third kappa shape index (κ3) is 1.66. The zero-order valence-electron chi connectivity index (χ0n) is 10.1. The summed E-state index contributed by atoms with van der Waals surface area (Å²) >= 11 is 0. The number of H-pyrrole nitrogens is 1. The second-order valence-corrected chi connectivity index (χ2v) is 4.26. The van der Waals surface area contributed by atoms with Crippen molar-refractivity contribution in [3.05, 3.63) is 42.2 Å². The van der Waals surface area contributed by atoms with Crippen molar-refractivity contribution in [1.29, 1.82) is 0 Å². The predicted molar refractivity (Wildman–Crippen MR) is 70.4 cm³/mol. The van der Waals surface area contributed by atoms with Gasteiger partial charge in [-0.25, -0.2) is 0 Å². The number of benzene rings is 1. The van der Waals surface area contributed by atoms with Crippen molar-refractivity contribution in [2.45, 2.75) is 6.10 Å². The Bertz CT molecular complexity index is 690. The van der Waals surface area contributed by atoms with Gasteiger partial charge in [-0.2, -0.15) is 0 Å². The van der Waals surface area contributed by atoms with Crippen molar-refractivity contribution in [2.24, 2.45) is 0 Å². The standard InChI is InChI=1S/C14H14N2O2/c1-18-8-12(17)14-13-10(6-7-15-14)9-4-2-3-5-11(9)16-13/h2-7,12,16-17H,8H2,1H3. The van der Waals surface area contributed by atoms with Crippen molar-refractivity contribution >= 4 is 21.8 Å². The lowest BCUT2D eigenvalue weighted by Crippen LogP contribution is -2.07. The highest BCUT2D eigenvalue weighted by atomic mass is 16.5. The first-order valence-electron chi connectivity index (χ1n) is 5.83. The summed E-state index contributed by atoms with van der Waals surface area (Å²) < 4.78 is 4.98. The minimum atomic E-state index is -0.716. The number of methoxy groups -OCH3 is 1. The molecule has 0 spiro atoms. The van der Waals surface area contributed by atoms with Gasteiger partial charge in [0.2, 0.25) is 0 Å². The van der Waals surface area contributed by atoms with Crippen LogP contribution < -0.4 is 0 Å². The molecule has 0 aliphatic carbocycles. The average Bonchev–Trinajstić information content (AvgIpc) is 2.77. The van der Waals surface area contributed by atoms with Crippen LogP contribution in [-0.2, 0) is 4.74 Å². The van der Waals surface area contributed by atoms with Crippen molar-refractivity contribution in [3.8, 4) is 0 Å². The van der Waals surface area contributed by atoms with Crippen LogP contribution in [0.3, 0.4) is 0 Å². The number of aromatic nitrogens is 2. The Morgan fingerprint density at radius 1 is 1.28 bits per heavy atom. The summed E-state index contributed by atoms with van der Waals surface area (Å²) in [5, 5.41) is 12.3. The van der Waals surface area contributed by atoms with E-state index in [0.29, 0.717) is 5.69 Å². The van der Waals surface area contributed by atoms with E-state index in [9.17, 15) is 5.11 Å². The Balaban J connectivity index is 2.27. The molecule has 0 aliphatic rings. The van der Waals surface area contributed by atoms with Gasteiger partial charge in [-0.3, -0.25) is 4.98 Å². The second-order valence-electron chi connectivity index (χ2n) is 4.26. The number of rotatable bonds is 3. The summed E-state index contributed by atoms with van der Waals surface area (Å²) in [5.74, 6) is 0. The third-order valence-electron chi connectivity index (χ3n) is 3.10. The number of ether oxygens (including phenoxy) is 1. The molecule has 0 fully saturated rings. The minimum absolute atomic E-state index is 0.238. The number of nitrogens with one attached hydrogen (secondary N) is 1. The predicted octanol–water partition coefficient (Wildman–Crippen LogP) is 2.40. The summed E-state index contributed by atoms with van der Waals surface area (Å²) in [6.07, 6.45) is 1.00. The number of nitrogens with zero attached hydrogens (tertiary/aromatic N) is 1. The molecule has 2 aromatic heterocycles. The summed E-state index contributed by atoms with van der Waals surface area (Å²) in [7, 11) is 1.56. The molecular weight excluding hydrogens is 228 g/mol. The van der Waals surface area contributed by atoms with E-state index in [-0.39, 0.29) is 6.61 Å². The molecule has 0 amide bonds. The lowest BCUT2D eigenvalue weighted by molar-refractivity contribution is 0.0626. The lowest BCUT2D eigenvalue weighted by atomic mass is 10.1. The number of hydrogen-bond acceptors (Lipinski definition) is 3. The van der Waals surface area contributed by atoms with Crippen LogP contribution in [0.2, 0.25) is 0 Å². The van der Waals surface area contributed by atoms with E-state index in [1.54, 1.807) is 13.3 Å². The number of aliphatic hydroxyl groups is 1. The Kier molecular flexibility index (Phi) is 2.74. The molecule has 0 saturated carbocycles. The molecule has 18 heavy (non-hydrogen) atoms. The topological polar surface area (TPSA) is 58.1 Å².